The van der Waals surface area contributed by atoms with E-state index in [0.717, 1.165) is 17.5 Å². The van der Waals surface area contributed by atoms with Crippen LogP contribution in [-0.4, -0.2) is 82.9 Å². The van der Waals surface area contributed by atoms with Gasteiger partial charge in [0.2, 0.25) is 17.7 Å². The van der Waals surface area contributed by atoms with E-state index in [1.165, 1.54) is 12.1 Å². The van der Waals surface area contributed by atoms with Gasteiger partial charge in [-0.15, -0.1) is 0 Å². The first-order valence-electron chi connectivity index (χ1n) is 13.6. The first-order valence-corrected chi connectivity index (χ1v) is 13.6. The first kappa shape index (κ1) is 28.5. The molecule has 3 atom stereocenters. The van der Waals surface area contributed by atoms with Crippen LogP contribution in [0.4, 0.5) is 4.39 Å². The molecule has 2 aromatic rings. The molecule has 2 saturated heterocycles. The van der Waals surface area contributed by atoms with Crippen LogP contribution in [0.25, 0.3) is 0 Å². The molecule has 210 valence electrons. The van der Waals surface area contributed by atoms with E-state index < -0.39 is 6.04 Å². The minimum atomic E-state index is -0.761. The number of halogens is 1. The van der Waals surface area contributed by atoms with Crippen molar-refractivity contribution in [2.75, 3.05) is 33.2 Å². The molecule has 0 aliphatic carbocycles. The summed E-state index contributed by atoms with van der Waals surface area (Å²) in [5, 5.41) is 14.5. The number of phenols is 1. The van der Waals surface area contributed by atoms with Gasteiger partial charge < -0.3 is 20.2 Å². The lowest BCUT2D eigenvalue weighted by molar-refractivity contribution is -0.143. The average molecular weight is 540 g/mol. The van der Waals surface area contributed by atoms with Crippen molar-refractivity contribution < 1.29 is 23.9 Å². The monoisotopic (exact) mass is 539 g/mol. The molecule has 2 aliphatic rings. The van der Waals surface area contributed by atoms with Crippen LogP contribution in [-0.2, 0) is 27.3 Å². The van der Waals surface area contributed by atoms with Crippen molar-refractivity contribution in [1.82, 2.24) is 25.6 Å². The summed E-state index contributed by atoms with van der Waals surface area (Å²) in [5.41, 5.74) is 4.94. The maximum atomic E-state index is 13.8. The Kier molecular flexibility index (Phi) is 9.53. The topological polar surface area (TPSA) is 105 Å². The molecule has 0 bridgehead atoms. The Balaban J connectivity index is 1.56. The second-order valence-corrected chi connectivity index (χ2v) is 10.4. The molecular weight excluding hydrogens is 501 g/mol. The largest absolute Gasteiger partial charge is 0.508 e. The van der Waals surface area contributed by atoms with Gasteiger partial charge in [0.25, 0.3) is 0 Å². The van der Waals surface area contributed by atoms with Crippen LogP contribution in [0, 0.1) is 11.7 Å². The van der Waals surface area contributed by atoms with Crippen LogP contribution < -0.4 is 10.7 Å². The van der Waals surface area contributed by atoms with E-state index in [2.05, 4.69) is 10.7 Å². The highest BCUT2D eigenvalue weighted by molar-refractivity contribution is 5.88. The Bertz CT molecular complexity index is 1140. The van der Waals surface area contributed by atoms with E-state index in [9.17, 15) is 23.9 Å². The van der Waals surface area contributed by atoms with Crippen LogP contribution in [0.3, 0.4) is 0 Å². The third kappa shape index (κ3) is 7.33. The quantitative estimate of drug-likeness (QED) is 0.404. The van der Waals surface area contributed by atoms with Gasteiger partial charge in [-0.25, -0.2) is 9.40 Å². The van der Waals surface area contributed by atoms with E-state index in [4.69, 9.17) is 0 Å². The molecule has 3 amide bonds. The number of aromatic hydroxyl groups is 1. The fourth-order valence-electron chi connectivity index (χ4n) is 5.34. The van der Waals surface area contributed by atoms with E-state index in [1.807, 2.05) is 19.0 Å². The number of rotatable bonds is 11. The maximum absolute atomic E-state index is 13.8. The Hall–Kier alpha value is -3.50. The molecule has 0 saturated carbocycles. The number of hydrazine groups is 1. The summed E-state index contributed by atoms with van der Waals surface area (Å²) in [6.07, 6.45) is 1.94. The number of benzene rings is 2. The van der Waals surface area contributed by atoms with Gasteiger partial charge in [-0.3, -0.25) is 19.8 Å². The van der Waals surface area contributed by atoms with Gasteiger partial charge in [-0.1, -0.05) is 24.3 Å². The van der Waals surface area contributed by atoms with E-state index >= 15 is 0 Å². The zero-order chi connectivity index (χ0) is 27.9. The molecule has 0 spiro atoms. The molecule has 10 heteroatoms. The van der Waals surface area contributed by atoms with Gasteiger partial charge in [0, 0.05) is 64.6 Å². The number of likely N-dealkylation sites (tertiary alicyclic amines) is 1. The van der Waals surface area contributed by atoms with Crippen LogP contribution in [0.1, 0.15) is 37.3 Å². The summed E-state index contributed by atoms with van der Waals surface area (Å²) in [7, 11) is 1.91. The van der Waals surface area contributed by atoms with E-state index in [0.29, 0.717) is 32.5 Å². The van der Waals surface area contributed by atoms with Crippen molar-refractivity contribution in [3.63, 3.8) is 0 Å². The van der Waals surface area contributed by atoms with Gasteiger partial charge >= 0.3 is 0 Å². The summed E-state index contributed by atoms with van der Waals surface area (Å²) in [4.78, 5) is 43.3. The lowest BCUT2D eigenvalue weighted by atomic mass is 9.91. The molecule has 4 rings (SSSR count). The van der Waals surface area contributed by atoms with Crippen LogP contribution in [0.5, 0.6) is 5.75 Å². The van der Waals surface area contributed by atoms with Crippen molar-refractivity contribution in [1.29, 1.82) is 0 Å². The third-order valence-corrected chi connectivity index (χ3v) is 7.86. The molecule has 2 fully saturated rings. The molecule has 9 nitrogen and oxygen atoms in total. The summed E-state index contributed by atoms with van der Waals surface area (Å²) >= 11 is 0. The molecule has 0 aromatic heterocycles. The van der Waals surface area contributed by atoms with Gasteiger partial charge in [-0.2, -0.15) is 0 Å². The number of phenolic OH excluding ortho intramolecular Hbond substituents is 1. The highest BCUT2D eigenvalue weighted by Crippen LogP contribution is 2.25. The lowest BCUT2D eigenvalue weighted by Crippen LogP contribution is -2.57. The molecule has 2 aliphatic heterocycles. The zero-order valence-electron chi connectivity index (χ0n) is 22.6. The highest BCUT2D eigenvalue weighted by Gasteiger charge is 2.43. The summed E-state index contributed by atoms with van der Waals surface area (Å²) in [5.74, 6) is -0.752. The predicted octanol–water partition coefficient (Wildman–Crippen LogP) is 2.05. The number of nitrogens with zero attached hydrogens (tertiary/aromatic N) is 3. The number of aryl methyl sites for hydroxylation is 1. The zero-order valence-corrected chi connectivity index (χ0v) is 22.6. The van der Waals surface area contributed by atoms with Crippen LogP contribution in [0.2, 0.25) is 0 Å². The minimum absolute atomic E-state index is 0.0209. The molecule has 3 unspecified atom stereocenters. The molecule has 2 heterocycles. The fraction of sp³-hybridized carbons (Fsp3) is 0.483. The van der Waals surface area contributed by atoms with Gasteiger partial charge in [-0.05, 0) is 55.2 Å². The maximum Gasteiger partial charge on any atom is 0.243 e. The first-order chi connectivity index (χ1) is 18.7. The average Bonchev–Trinajstić information content (AvgIpc) is 3.49. The van der Waals surface area contributed by atoms with Crippen molar-refractivity contribution in [3.8, 4) is 5.75 Å². The predicted molar refractivity (Wildman–Crippen MR) is 145 cm³/mol. The van der Waals surface area contributed by atoms with Crippen molar-refractivity contribution >= 4 is 17.7 Å². The Labute approximate surface area is 228 Å². The van der Waals surface area contributed by atoms with E-state index in [1.54, 1.807) is 46.2 Å². The van der Waals surface area contributed by atoms with E-state index in [-0.39, 0.29) is 60.8 Å². The SMILES string of the molecule is CC1C(C(C(=O)NCc2ccc(F)cc2)N(CCN2CCCC2=O)C(=O)CCc2ccc(O)cc2)CNN1C. The normalized spacial score (nSPS) is 20.3. The Morgan fingerprint density at radius 3 is 2.46 bits per heavy atom. The Morgan fingerprint density at radius 1 is 1.15 bits per heavy atom. The van der Waals surface area contributed by atoms with Gasteiger partial charge in [0.1, 0.15) is 17.6 Å². The number of hydrogen-bond donors (Lipinski definition) is 3. The smallest absolute Gasteiger partial charge is 0.243 e. The molecule has 39 heavy (non-hydrogen) atoms. The number of hydrogen-bond acceptors (Lipinski definition) is 6. The Morgan fingerprint density at radius 2 is 1.85 bits per heavy atom. The summed E-state index contributed by atoms with van der Waals surface area (Å²) in [6, 6.07) is 11.9. The minimum Gasteiger partial charge on any atom is -0.508 e. The molecule has 3 N–H and O–H groups in total. The van der Waals surface area contributed by atoms with Gasteiger partial charge in [0.05, 0.1) is 0 Å². The molecule has 2 aromatic carbocycles. The van der Waals surface area contributed by atoms with Crippen molar-refractivity contribution in [2.24, 2.45) is 5.92 Å². The summed E-state index contributed by atoms with van der Waals surface area (Å²) in [6.45, 7) is 4.03. The number of carbonyl (C=O) groups is 3. The fourth-order valence-corrected chi connectivity index (χ4v) is 5.34. The number of amides is 3. The summed E-state index contributed by atoms with van der Waals surface area (Å²) < 4.78 is 13.4. The molecular formula is C29H38FN5O4. The second-order valence-electron chi connectivity index (χ2n) is 10.4. The standard InChI is InChI=1S/C29H38FN5O4/c1-20-25(19-32-33(20)2)28(29(39)31-18-22-5-10-23(30)11-6-22)35(17-16-34-15-3-4-26(34)37)27(38)14-9-21-7-12-24(36)13-8-21/h5-8,10-13,20,25,28,32,36H,3-4,9,14-19H2,1-2H3,(H,31,39). The number of carbonyl (C=O) groups excluding carboxylic acids is 3. The van der Waals surface area contributed by atoms with Crippen LogP contribution in [0.15, 0.2) is 48.5 Å². The molecule has 0 radical (unpaired) electrons. The number of nitrogens with one attached hydrogen (secondary N) is 2. The van der Waals surface area contributed by atoms with Gasteiger partial charge in [0.15, 0.2) is 0 Å². The van der Waals surface area contributed by atoms with Crippen molar-refractivity contribution in [2.45, 2.75) is 51.2 Å². The third-order valence-electron chi connectivity index (χ3n) is 7.86. The highest BCUT2D eigenvalue weighted by atomic mass is 19.1. The second kappa shape index (κ2) is 13.0. The lowest BCUT2D eigenvalue weighted by Gasteiger charge is -2.37. The van der Waals surface area contributed by atoms with Crippen molar-refractivity contribution in [3.05, 3.63) is 65.5 Å². The van der Waals surface area contributed by atoms with Crippen LogP contribution >= 0.6 is 0 Å².